The fourth-order valence-corrected chi connectivity index (χ4v) is 6.76. The van der Waals surface area contributed by atoms with E-state index in [9.17, 15) is 14.7 Å². The minimum Gasteiger partial charge on any atom is -0.459 e. The van der Waals surface area contributed by atoms with Gasteiger partial charge in [-0.25, -0.2) is 0 Å². The van der Waals surface area contributed by atoms with E-state index in [2.05, 4.69) is 33.9 Å². The number of hydrogen-bond donors (Lipinski definition) is 1. The van der Waals surface area contributed by atoms with E-state index in [-0.39, 0.29) is 28.1 Å². The standard InChI is InChI=1S/C21H32O5Si/c1-18(2,3)27(5,6)26-15-13(22)7-8-21(24)12-9-19(4)16(20(21)10-11-20)14(15)17(23)25-19/h7-8,14-16,24H,9-12H2,1-6H3/b8-7-/t14-,15?,16?,19+,21?/m1/s1. The third kappa shape index (κ3) is 2.49. The quantitative estimate of drug-likeness (QED) is 0.576. The SMILES string of the molecule is CC(C)(C)[Si](C)(C)OC1C(=O)/C=C\C2(O)CC[C@]3(C)OC(=O)[C@H]1C3C21CC1. The van der Waals surface area contributed by atoms with E-state index in [1.54, 1.807) is 6.08 Å². The molecule has 0 aromatic carbocycles. The van der Waals surface area contributed by atoms with E-state index in [4.69, 9.17) is 9.16 Å². The predicted octanol–water partition coefficient (Wildman–Crippen LogP) is 3.37. The Hall–Kier alpha value is -0.983. The van der Waals surface area contributed by atoms with Crippen molar-refractivity contribution in [2.24, 2.45) is 17.3 Å². The van der Waals surface area contributed by atoms with Crippen molar-refractivity contribution in [2.75, 3.05) is 0 Å². The van der Waals surface area contributed by atoms with Gasteiger partial charge < -0.3 is 14.3 Å². The molecule has 4 rings (SSSR count). The van der Waals surface area contributed by atoms with Gasteiger partial charge in [0.25, 0.3) is 0 Å². The van der Waals surface area contributed by atoms with Gasteiger partial charge >= 0.3 is 5.97 Å². The van der Waals surface area contributed by atoms with Crippen molar-refractivity contribution in [3.63, 3.8) is 0 Å². The van der Waals surface area contributed by atoms with Crippen LogP contribution >= 0.6 is 0 Å². The van der Waals surface area contributed by atoms with E-state index < -0.39 is 31.5 Å². The van der Waals surface area contributed by atoms with Crippen LogP contribution in [0.5, 0.6) is 0 Å². The van der Waals surface area contributed by atoms with Crippen LogP contribution in [0.15, 0.2) is 12.2 Å². The molecule has 5 atom stereocenters. The van der Waals surface area contributed by atoms with Gasteiger partial charge in [-0.15, -0.1) is 0 Å². The Morgan fingerprint density at radius 3 is 2.37 bits per heavy atom. The maximum absolute atomic E-state index is 13.1. The first kappa shape index (κ1) is 19.3. The highest BCUT2D eigenvalue weighted by molar-refractivity contribution is 6.74. The van der Waals surface area contributed by atoms with Crippen LogP contribution in [0.1, 0.15) is 53.4 Å². The molecule has 6 heteroatoms. The maximum atomic E-state index is 13.1. The lowest BCUT2D eigenvalue weighted by Gasteiger charge is -2.52. The Balaban J connectivity index is 1.83. The lowest BCUT2D eigenvalue weighted by Crippen LogP contribution is -2.60. The zero-order chi connectivity index (χ0) is 20.0. The van der Waals surface area contributed by atoms with Crippen molar-refractivity contribution in [3.8, 4) is 0 Å². The summed E-state index contributed by atoms with van der Waals surface area (Å²) in [7, 11) is -2.28. The van der Waals surface area contributed by atoms with E-state index >= 15 is 0 Å². The molecule has 150 valence electrons. The molecular weight excluding hydrogens is 360 g/mol. The molecule has 4 aliphatic rings. The van der Waals surface area contributed by atoms with E-state index in [1.165, 1.54) is 6.08 Å². The minimum absolute atomic E-state index is 0.0737. The normalized spacial score (nSPS) is 43.9. The van der Waals surface area contributed by atoms with Gasteiger partial charge in [0, 0.05) is 11.3 Å². The van der Waals surface area contributed by atoms with Crippen LogP contribution in [0.3, 0.4) is 0 Å². The lowest BCUT2D eigenvalue weighted by atomic mass is 9.55. The molecule has 0 radical (unpaired) electrons. The van der Waals surface area contributed by atoms with Crippen LogP contribution in [0.4, 0.5) is 0 Å². The van der Waals surface area contributed by atoms with Gasteiger partial charge in [-0.05, 0) is 62.9 Å². The number of aliphatic hydroxyl groups is 1. The molecule has 1 spiro atoms. The third-order valence-corrected chi connectivity index (χ3v) is 12.7. The molecule has 27 heavy (non-hydrogen) atoms. The highest BCUT2D eigenvalue weighted by Crippen LogP contribution is 2.72. The van der Waals surface area contributed by atoms with Gasteiger partial charge in [0.1, 0.15) is 11.7 Å². The molecule has 1 aliphatic heterocycles. The first-order chi connectivity index (χ1) is 12.3. The van der Waals surface area contributed by atoms with Crippen LogP contribution in [0.2, 0.25) is 18.1 Å². The summed E-state index contributed by atoms with van der Waals surface area (Å²) in [6.07, 6.45) is 5.22. The van der Waals surface area contributed by atoms with Crippen molar-refractivity contribution in [1.82, 2.24) is 0 Å². The maximum Gasteiger partial charge on any atom is 0.313 e. The first-order valence-electron chi connectivity index (χ1n) is 10.1. The molecular formula is C21H32O5Si. The number of rotatable bonds is 2. The molecule has 1 heterocycles. The van der Waals surface area contributed by atoms with E-state index in [0.29, 0.717) is 12.8 Å². The minimum atomic E-state index is -2.28. The summed E-state index contributed by atoms with van der Waals surface area (Å²) in [6, 6.07) is 0. The van der Waals surface area contributed by atoms with Crippen LogP contribution in [0.25, 0.3) is 0 Å². The average Bonchev–Trinajstić information content (AvgIpc) is 3.27. The van der Waals surface area contributed by atoms with Gasteiger partial charge in [-0.2, -0.15) is 0 Å². The molecule has 0 aromatic rings. The van der Waals surface area contributed by atoms with Crippen molar-refractivity contribution in [1.29, 1.82) is 0 Å². The smallest absolute Gasteiger partial charge is 0.313 e. The van der Waals surface area contributed by atoms with Gasteiger partial charge in [0.2, 0.25) is 0 Å². The Morgan fingerprint density at radius 2 is 1.81 bits per heavy atom. The molecule has 3 fully saturated rings. The fourth-order valence-electron chi connectivity index (χ4n) is 5.51. The van der Waals surface area contributed by atoms with Gasteiger partial charge in [0.05, 0.1) is 11.5 Å². The Labute approximate surface area is 162 Å². The molecule has 3 unspecified atom stereocenters. The van der Waals surface area contributed by atoms with Gasteiger partial charge in [0.15, 0.2) is 14.1 Å². The highest BCUT2D eigenvalue weighted by atomic mass is 28.4. The summed E-state index contributed by atoms with van der Waals surface area (Å²) < 4.78 is 12.4. The lowest BCUT2D eigenvalue weighted by molar-refractivity contribution is -0.160. The van der Waals surface area contributed by atoms with Crippen molar-refractivity contribution >= 4 is 20.1 Å². The number of carbonyl (C=O) groups excluding carboxylic acids is 2. The van der Waals surface area contributed by atoms with Crippen LogP contribution in [-0.2, 0) is 18.8 Å². The molecule has 0 amide bonds. The van der Waals surface area contributed by atoms with Crippen molar-refractivity contribution < 1.29 is 23.9 Å². The van der Waals surface area contributed by atoms with Crippen LogP contribution < -0.4 is 0 Å². The number of esters is 1. The van der Waals surface area contributed by atoms with E-state index in [1.807, 2.05) is 6.92 Å². The topological polar surface area (TPSA) is 72.8 Å². The first-order valence-corrected chi connectivity index (χ1v) is 13.0. The van der Waals surface area contributed by atoms with Crippen molar-refractivity contribution in [3.05, 3.63) is 12.2 Å². The average molecular weight is 393 g/mol. The third-order valence-electron chi connectivity index (χ3n) is 8.23. The molecule has 1 saturated heterocycles. The molecule has 1 N–H and O–H groups in total. The fraction of sp³-hybridized carbons (Fsp3) is 0.810. The van der Waals surface area contributed by atoms with Gasteiger partial charge in [-0.3, -0.25) is 9.59 Å². The highest BCUT2D eigenvalue weighted by Gasteiger charge is 2.76. The summed E-state index contributed by atoms with van der Waals surface area (Å²) in [5, 5.41) is 11.3. The molecule has 0 aromatic heterocycles. The van der Waals surface area contributed by atoms with E-state index in [0.717, 1.165) is 12.8 Å². The van der Waals surface area contributed by atoms with Gasteiger partial charge in [-0.1, -0.05) is 20.8 Å². The Morgan fingerprint density at radius 1 is 1.19 bits per heavy atom. The summed E-state index contributed by atoms with van der Waals surface area (Å²) >= 11 is 0. The molecule has 3 aliphatic carbocycles. The predicted molar refractivity (Wildman–Crippen MR) is 104 cm³/mol. The van der Waals surface area contributed by atoms with Crippen LogP contribution in [0, 0.1) is 17.3 Å². The second kappa shape index (κ2) is 5.33. The number of carbonyl (C=O) groups is 2. The number of hydrogen-bond acceptors (Lipinski definition) is 5. The Kier molecular flexibility index (Phi) is 3.82. The summed E-state index contributed by atoms with van der Waals surface area (Å²) in [6.45, 7) is 12.6. The summed E-state index contributed by atoms with van der Waals surface area (Å²) in [5.41, 5.74) is -2.02. The number of ether oxygens (including phenoxy) is 1. The summed E-state index contributed by atoms with van der Waals surface area (Å²) in [4.78, 5) is 26.1. The monoisotopic (exact) mass is 392 g/mol. The van der Waals surface area contributed by atoms with Crippen LogP contribution in [-0.4, -0.2) is 42.5 Å². The molecule has 2 saturated carbocycles. The largest absolute Gasteiger partial charge is 0.459 e. The Bertz CT molecular complexity index is 731. The number of ketones is 1. The second-order valence-corrected chi connectivity index (χ2v) is 15.6. The zero-order valence-corrected chi connectivity index (χ0v) is 18.3. The summed E-state index contributed by atoms with van der Waals surface area (Å²) in [5.74, 6) is -1.35. The molecule has 2 bridgehead atoms. The molecule has 5 nitrogen and oxygen atoms in total. The second-order valence-electron chi connectivity index (χ2n) is 10.9. The van der Waals surface area contributed by atoms with Crippen molar-refractivity contribution in [2.45, 2.75) is 88.8 Å². The zero-order valence-electron chi connectivity index (χ0n) is 17.3.